The van der Waals surface area contributed by atoms with Gasteiger partial charge in [0, 0.05) is 17.2 Å². The molecule has 5 heteroatoms. The van der Waals surface area contributed by atoms with E-state index in [1.807, 2.05) is 11.4 Å². The molecule has 1 aromatic rings. The van der Waals surface area contributed by atoms with Gasteiger partial charge in [-0.3, -0.25) is 9.59 Å². The van der Waals surface area contributed by atoms with Crippen LogP contribution in [0.4, 0.5) is 0 Å². The van der Waals surface area contributed by atoms with Crippen molar-refractivity contribution >= 4 is 34.9 Å². The molecule has 2 rings (SSSR count). The Morgan fingerprint density at radius 1 is 1.62 bits per heavy atom. The number of rotatable bonds is 3. The topological polar surface area (TPSA) is 43.4 Å². The first-order chi connectivity index (χ1) is 7.70. The summed E-state index contributed by atoms with van der Waals surface area (Å²) in [5.74, 6) is -0.0721. The third kappa shape index (κ3) is 2.47. The molecule has 0 radical (unpaired) electrons. The number of thioether (sulfide) groups is 1. The largest absolute Gasteiger partial charge is 0.466 e. The summed E-state index contributed by atoms with van der Waals surface area (Å²) in [6, 6.07) is 1.86. The Bertz CT molecular complexity index is 411. The van der Waals surface area contributed by atoms with E-state index in [2.05, 4.69) is 0 Å². The van der Waals surface area contributed by atoms with Crippen molar-refractivity contribution in [3.05, 3.63) is 17.0 Å². The van der Waals surface area contributed by atoms with Crippen molar-refractivity contribution in [3.8, 4) is 0 Å². The molecule has 1 aliphatic heterocycles. The van der Waals surface area contributed by atoms with Crippen LogP contribution in [0.25, 0.3) is 0 Å². The average Bonchev–Trinajstić information content (AvgIpc) is 2.66. The first-order valence-corrected chi connectivity index (χ1v) is 6.89. The molecule has 0 spiro atoms. The summed E-state index contributed by atoms with van der Waals surface area (Å²) < 4.78 is 5.92. The second kappa shape index (κ2) is 5.01. The number of fused-ring (bicyclic) bond motifs is 1. The smallest absolute Gasteiger partial charge is 0.306 e. The lowest BCUT2D eigenvalue weighted by molar-refractivity contribution is -0.143. The van der Waals surface area contributed by atoms with E-state index < -0.39 is 0 Å². The summed E-state index contributed by atoms with van der Waals surface area (Å²) in [5, 5.41) is 1.96. The number of hydrogen-bond acceptors (Lipinski definition) is 5. The number of hydrogen-bond donors (Lipinski definition) is 0. The summed E-state index contributed by atoms with van der Waals surface area (Å²) in [4.78, 5) is 23.1. The number of thiophene rings is 1. The van der Waals surface area contributed by atoms with Crippen LogP contribution in [-0.4, -0.2) is 23.6 Å². The maximum Gasteiger partial charge on any atom is 0.306 e. The van der Waals surface area contributed by atoms with Gasteiger partial charge in [0.15, 0.2) is 5.78 Å². The molecule has 0 N–H and O–H groups in total. The third-order valence-electron chi connectivity index (χ3n) is 2.32. The van der Waals surface area contributed by atoms with Crippen molar-refractivity contribution in [2.45, 2.75) is 29.2 Å². The second-order valence-electron chi connectivity index (χ2n) is 3.50. The predicted octanol–water partition coefficient (Wildman–Crippen LogP) is 2.75. The van der Waals surface area contributed by atoms with E-state index >= 15 is 0 Å². The summed E-state index contributed by atoms with van der Waals surface area (Å²) in [7, 11) is 0. The molecule has 2 heterocycles. The molecule has 0 saturated heterocycles. The fourth-order valence-electron chi connectivity index (χ4n) is 1.62. The Kier molecular flexibility index (Phi) is 3.66. The zero-order valence-corrected chi connectivity index (χ0v) is 10.5. The maximum atomic E-state index is 11.7. The van der Waals surface area contributed by atoms with Gasteiger partial charge < -0.3 is 4.74 Å². The maximum absolute atomic E-state index is 11.7. The van der Waals surface area contributed by atoms with Crippen LogP contribution in [-0.2, 0) is 9.53 Å². The number of ketones is 1. The molecule has 1 aliphatic rings. The molecule has 0 aromatic carbocycles. The Morgan fingerprint density at radius 2 is 2.44 bits per heavy atom. The van der Waals surface area contributed by atoms with Crippen molar-refractivity contribution in [1.29, 1.82) is 0 Å². The Hall–Kier alpha value is -0.810. The number of esters is 1. The minimum atomic E-state index is -0.215. The number of carbonyl (C=O) groups is 2. The third-order valence-corrected chi connectivity index (χ3v) is 4.70. The molecule has 3 nitrogen and oxygen atoms in total. The number of carbonyl (C=O) groups excluding carboxylic acids is 2. The summed E-state index contributed by atoms with van der Waals surface area (Å²) in [5.41, 5.74) is 0.815. The van der Waals surface area contributed by atoms with Gasteiger partial charge >= 0.3 is 5.97 Å². The highest BCUT2D eigenvalue weighted by Gasteiger charge is 2.28. The zero-order valence-electron chi connectivity index (χ0n) is 8.89. The van der Waals surface area contributed by atoms with Crippen molar-refractivity contribution < 1.29 is 14.3 Å². The minimum Gasteiger partial charge on any atom is -0.466 e. The van der Waals surface area contributed by atoms with E-state index in [1.165, 1.54) is 0 Å². The van der Waals surface area contributed by atoms with Crippen molar-refractivity contribution in [2.75, 3.05) is 6.61 Å². The van der Waals surface area contributed by atoms with Gasteiger partial charge in [0.05, 0.1) is 17.2 Å². The predicted molar refractivity (Wildman–Crippen MR) is 64.2 cm³/mol. The summed E-state index contributed by atoms with van der Waals surface area (Å²) >= 11 is 3.18. The fourth-order valence-corrected chi connectivity index (χ4v) is 4.12. The second-order valence-corrected chi connectivity index (χ2v) is 5.98. The van der Waals surface area contributed by atoms with Crippen LogP contribution in [0.5, 0.6) is 0 Å². The molecule has 16 heavy (non-hydrogen) atoms. The van der Waals surface area contributed by atoms with E-state index in [9.17, 15) is 9.59 Å². The van der Waals surface area contributed by atoms with Crippen LogP contribution in [0.2, 0.25) is 0 Å². The van der Waals surface area contributed by atoms with Gasteiger partial charge in [0.2, 0.25) is 0 Å². The molecule has 0 saturated carbocycles. The van der Waals surface area contributed by atoms with E-state index in [1.54, 1.807) is 30.0 Å². The van der Waals surface area contributed by atoms with Crippen LogP contribution in [0.15, 0.2) is 15.7 Å². The van der Waals surface area contributed by atoms with Gasteiger partial charge in [-0.05, 0) is 18.4 Å². The number of ether oxygens (including phenoxy) is 1. The lowest BCUT2D eigenvalue weighted by Gasteiger charge is -2.19. The van der Waals surface area contributed by atoms with Crippen molar-refractivity contribution in [1.82, 2.24) is 0 Å². The standard InChI is InChI=1S/C11H12O3S2/c1-2-14-10(13)6-7-5-9(12)8-3-4-15-11(8)16-7/h3-4,7H,2,5-6H2,1H3. The zero-order chi connectivity index (χ0) is 11.5. The van der Waals surface area contributed by atoms with Crippen molar-refractivity contribution in [2.24, 2.45) is 0 Å². The average molecular weight is 256 g/mol. The van der Waals surface area contributed by atoms with Crippen molar-refractivity contribution in [3.63, 3.8) is 0 Å². The monoisotopic (exact) mass is 256 g/mol. The molecular weight excluding hydrogens is 244 g/mol. The van der Waals surface area contributed by atoms with Crippen LogP contribution in [0.3, 0.4) is 0 Å². The first kappa shape index (κ1) is 11.7. The fraction of sp³-hybridized carbons (Fsp3) is 0.455. The highest BCUT2D eigenvalue weighted by molar-refractivity contribution is 8.01. The molecule has 1 unspecified atom stereocenters. The van der Waals surface area contributed by atoms with Gasteiger partial charge in [-0.15, -0.1) is 23.1 Å². The van der Waals surface area contributed by atoms with E-state index in [-0.39, 0.29) is 17.0 Å². The molecule has 0 amide bonds. The SMILES string of the molecule is CCOC(=O)CC1CC(=O)c2ccsc2S1. The lowest BCUT2D eigenvalue weighted by Crippen LogP contribution is -2.20. The van der Waals surface area contributed by atoms with Gasteiger partial charge in [-0.2, -0.15) is 0 Å². The van der Waals surface area contributed by atoms with Crippen LogP contribution in [0.1, 0.15) is 30.1 Å². The molecule has 0 fully saturated rings. The Balaban J connectivity index is 2.01. The quantitative estimate of drug-likeness (QED) is 0.780. The van der Waals surface area contributed by atoms with Gasteiger partial charge in [0.1, 0.15) is 0 Å². The normalized spacial score (nSPS) is 19.3. The van der Waals surface area contributed by atoms with Gasteiger partial charge in [-0.25, -0.2) is 0 Å². The van der Waals surface area contributed by atoms with Crippen LogP contribution >= 0.6 is 23.1 Å². The summed E-state index contributed by atoms with van der Waals surface area (Å²) in [6.07, 6.45) is 0.759. The van der Waals surface area contributed by atoms with E-state index in [4.69, 9.17) is 4.74 Å². The van der Waals surface area contributed by atoms with Gasteiger partial charge in [0.25, 0.3) is 0 Å². The van der Waals surface area contributed by atoms with Crippen LogP contribution in [0, 0.1) is 0 Å². The van der Waals surface area contributed by atoms with Gasteiger partial charge in [-0.1, -0.05) is 0 Å². The molecule has 1 atom stereocenters. The highest BCUT2D eigenvalue weighted by atomic mass is 32.2. The Labute approximate surface area is 102 Å². The Morgan fingerprint density at radius 3 is 3.19 bits per heavy atom. The first-order valence-electron chi connectivity index (χ1n) is 5.13. The highest BCUT2D eigenvalue weighted by Crippen LogP contribution is 2.40. The van der Waals surface area contributed by atoms with E-state index in [0.29, 0.717) is 19.4 Å². The molecular formula is C11H12O3S2. The van der Waals surface area contributed by atoms with Crippen LogP contribution < -0.4 is 0 Å². The molecule has 1 aromatic heterocycles. The minimum absolute atomic E-state index is 0.0395. The number of Topliss-reactive ketones (excluding diaryl/α,β-unsaturated/α-hetero) is 1. The lowest BCUT2D eigenvalue weighted by atomic mass is 10.1. The van der Waals surface area contributed by atoms with E-state index in [0.717, 1.165) is 9.77 Å². The summed E-state index contributed by atoms with van der Waals surface area (Å²) in [6.45, 7) is 2.18. The molecule has 0 bridgehead atoms. The molecule has 86 valence electrons. The molecule has 0 aliphatic carbocycles.